The number of carbonyl (C=O) groups excluding carboxylic acids is 1. The molecule has 19 heavy (non-hydrogen) atoms. The lowest BCUT2D eigenvalue weighted by molar-refractivity contribution is 0.0593. The molecular formula is C14H21N3O2. The molecule has 1 aromatic rings. The molecule has 1 saturated heterocycles. The third-order valence-corrected chi connectivity index (χ3v) is 4.28. The molecule has 0 amide bonds. The fraction of sp³-hybridized carbons (Fsp3) is 0.643. The van der Waals surface area contributed by atoms with Crippen molar-refractivity contribution in [3.63, 3.8) is 0 Å². The summed E-state index contributed by atoms with van der Waals surface area (Å²) >= 11 is 0. The van der Waals surface area contributed by atoms with Crippen LogP contribution in [0.1, 0.15) is 43.6 Å². The lowest BCUT2D eigenvalue weighted by Crippen LogP contribution is -2.27. The molecule has 1 aliphatic heterocycles. The first-order chi connectivity index (χ1) is 9.14. The molecule has 0 aliphatic carbocycles. The minimum atomic E-state index is -0.439. The van der Waals surface area contributed by atoms with Gasteiger partial charge in [-0.2, -0.15) is 0 Å². The standard InChI is InChI=1S/C14H21N3O2/c1-4-14(5-2)6-7-17(10-14)12-9-15-8-11(16-12)13(18)19-3/h8-9H,4-7,10H2,1-3H3. The van der Waals surface area contributed by atoms with Gasteiger partial charge in [-0.15, -0.1) is 0 Å². The summed E-state index contributed by atoms with van der Waals surface area (Å²) in [4.78, 5) is 22.1. The summed E-state index contributed by atoms with van der Waals surface area (Å²) in [5, 5.41) is 0. The normalized spacial score (nSPS) is 17.5. The highest BCUT2D eigenvalue weighted by Crippen LogP contribution is 2.38. The van der Waals surface area contributed by atoms with Crippen molar-refractivity contribution < 1.29 is 9.53 Å². The molecule has 0 spiro atoms. The van der Waals surface area contributed by atoms with Gasteiger partial charge in [-0.3, -0.25) is 4.98 Å². The van der Waals surface area contributed by atoms with Crippen molar-refractivity contribution in [1.29, 1.82) is 0 Å². The van der Waals surface area contributed by atoms with E-state index in [9.17, 15) is 4.79 Å². The van der Waals surface area contributed by atoms with E-state index in [1.54, 1.807) is 6.20 Å². The molecule has 2 rings (SSSR count). The molecule has 0 saturated carbocycles. The first-order valence-corrected chi connectivity index (χ1v) is 6.79. The van der Waals surface area contributed by atoms with Crippen LogP contribution in [0.15, 0.2) is 12.4 Å². The Morgan fingerprint density at radius 1 is 1.42 bits per heavy atom. The average Bonchev–Trinajstić information content (AvgIpc) is 2.92. The van der Waals surface area contributed by atoms with Gasteiger partial charge in [-0.05, 0) is 24.7 Å². The topological polar surface area (TPSA) is 55.3 Å². The third-order valence-electron chi connectivity index (χ3n) is 4.28. The summed E-state index contributed by atoms with van der Waals surface area (Å²) < 4.78 is 4.68. The van der Waals surface area contributed by atoms with Gasteiger partial charge in [-0.1, -0.05) is 13.8 Å². The lowest BCUT2D eigenvalue weighted by Gasteiger charge is -2.26. The zero-order chi connectivity index (χ0) is 13.9. The van der Waals surface area contributed by atoms with E-state index in [-0.39, 0.29) is 5.69 Å². The fourth-order valence-electron chi connectivity index (χ4n) is 2.67. The zero-order valence-electron chi connectivity index (χ0n) is 11.8. The number of rotatable bonds is 4. The quantitative estimate of drug-likeness (QED) is 0.780. The van der Waals surface area contributed by atoms with Crippen molar-refractivity contribution in [3.8, 4) is 0 Å². The molecule has 5 nitrogen and oxygen atoms in total. The minimum Gasteiger partial charge on any atom is -0.464 e. The Labute approximate surface area is 114 Å². The smallest absolute Gasteiger partial charge is 0.358 e. The Bertz CT molecular complexity index is 458. The molecule has 1 aliphatic rings. The largest absolute Gasteiger partial charge is 0.464 e. The summed E-state index contributed by atoms with van der Waals surface area (Å²) in [6.07, 6.45) is 6.67. The van der Waals surface area contributed by atoms with Crippen LogP contribution in [-0.4, -0.2) is 36.1 Å². The second kappa shape index (κ2) is 5.55. The summed E-state index contributed by atoms with van der Waals surface area (Å²) in [6.45, 7) is 6.44. The Balaban J connectivity index is 2.18. The summed E-state index contributed by atoms with van der Waals surface area (Å²) in [7, 11) is 1.35. The van der Waals surface area contributed by atoms with Crippen LogP contribution in [0.3, 0.4) is 0 Å². The number of ether oxygens (including phenoxy) is 1. The minimum absolute atomic E-state index is 0.269. The summed E-state index contributed by atoms with van der Waals surface area (Å²) in [5.41, 5.74) is 0.647. The van der Waals surface area contributed by atoms with Crippen LogP contribution < -0.4 is 4.90 Å². The van der Waals surface area contributed by atoms with Crippen molar-refractivity contribution in [2.24, 2.45) is 5.41 Å². The number of anilines is 1. The molecule has 5 heteroatoms. The maximum atomic E-state index is 11.5. The molecular weight excluding hydrogens is 242 g/mol. The number of aromatic nitrogens is 2. The molecule has 104 valence electrons. The van der Waals surface area contributed by atoms with E-state index in [1.165, 1.54) is 32.6 Å². The maximum Gasteiger partial charge on any atom is 0.358 e. The van der Waals surface area contributed by atoms with Crippen molar-refractivity contribution >= 4 is 11.8 Å². The third kappa shape index (κ3) is 2.69. The Hall–Kier alpha value is -1.65. The van der Waals surface area contributed by atoms with Gasteiger partial charge in [0.2, 0.25) is 0 Å². The molecule has 2 heterocycles. The van der Waals surface area contributed by atoms with Gasteiger partial charge < -0.3 is 9.64 Å². The van der Waals surface area contributed by atoms with Crippen LogP contribution in [0.2, 0.25) is 0 Å². The predicted molar refractivity (Wildman–Crippen MR) is 73.2 cm³/mol. The zero-order valence-corrected chi connectivity index (χ0v) is 11.8. The Morgan fingerprint density at radius 3 is 2.74 bits per heavy atom. The van der Waals surface area contributed by atoms with E-state index in [1.807, 2.05) is 0 Å². The molecule has 1 aromatic heterocycles. The van der Waals surface area contributed by atoms with Crippen LogP contribution in [0.4, 0.5) is 5.82 Å². The first-order valence-electron chi connectivity index (χ1n) is 6.79. The molecule has 0 aromatic carbocycles. The highest BCUT2D eigenvalue weighted by Gasteiger charge is 2.35. The van der Waals surface area contributed by atoms with Crippen molar-refractivity contribution in [2.45, 2.75) is 33.1 Å². The summed E-state index contributed by atoms with van der Waals surface area (Å²) in [6, 6.07) is 0. The van der Waals surface area contributed by atoms with Crippen molar-refractivity contribution in [1.82, 2.24) is 9.97 Å². The molecule has 0 bridgehead atoms. The molecule has 0 radical (unpaired) electrons. The lowest BCUT2D eigenvalue weighted by atomic mass is 9.82. The number of esters is 1. The van der Waals surface area contributed by atoms with Gasteiger partial charge in [0.25, 0.3) is 0 Å². The average molecular weight is 263 g/mol. The van der Waals surface area contributed by atoms with Gasteiger partial charge in [0.05, 0.1) is 19.5 Å². The van der Waals surface area contributed by atoms with Gasteiger partial charge in [-0.25, -0.2) is 9.78 Å². The number of nitrogens with zero attached hydrogens (tertiary/aromatic N) is 3. The van der Waals surface area contributed by atoms with E-state index in [2.05, 4.69) is 33.5 Å². The second-order valence-corrected chi connectivity index (χ2v) is 5.13. The maximum absolute atomic E-state index is 11.5. The number of hydrogen-bond acceptors (Lipinski definition) is 5. The van der Waals surface area contributed by atoms with E-state index >= 15 is 0 Å². The van der Waals surface area contributed by atoms with Crippen molar-refractivity contribution in [3.05, 3.63) is 18.1 Å². The van der Waals surface area contributed by atoms with Crippen LogP contribution in [0.25, 0.3) is 0 Å². The Kier molecular flexibility index (Phi) is 4.02. The van der Waals surface area contributed by atoms with E-state index < -0.39 is 5.97 Å². The number of hydrogen-bond donors (Lipinski definition) is 0. The second-order valence-electron chi connectivity index (χ2n) is 5.13. The van der Waals surface area contributed by atoms with Gasteiger partial charge >= 0.3 is 5.97 Å². The SMILES string of the molecule is CCC1(CC)CCN(c2cncc(C(=O)OC)n2)C1. The molecule has 0 atom stereocenters. The molecule has 0 unspecified atom stereocenters. The Morgan fingerprint density at radius 2 is 2.16 bits per heavy atom. The summed E-state index contributed by atoms with van der Waals surface area (Å²) in [5.74, 6) is 0.331. The number of methoxy groups -OCH3 is 1. The fourth-order valence-corrected chi connectivity index (χ4v) is 2.67. The highest BCUT2D eigenvalue weighted by atomic mass is 16.5. The van der Waals surface area contributed by atoms with Crippen LogP contribution in [-0.2, 0) is 4.74 Å². The number of carbonyl (C=O) groups is 1. The molecule has 1 fully saturated rings. The predicted octanol–water partition coefficient (Wildman–Crippen LogP) is 2.28. The monoisotopic (exact) mass is 263 g/mol. The highest BCUT2D eigenvalue weighted by molar-refractivity contribution is 5.87. The van der Waals surface area contributed by atoms with Gasteiger partial charge in [0.15, 0.2) is 5.69 Å². The first kappa shape index (κ1) is 13.8. The molecule has 0 N–H and O–H groups in total. The van der Waals surface area contributed by atoms with E-state index in [4.69, 9.17) is 0 Å². The van der Waals surface area contributed by atoms with Gasteiger partial charge in [0.1, 0.15) is 5.82 Å². The van der Waals surface area contributed by atoms with Crippen LogP contribution >= 0.6 is 0 Å². The van der Waals surface area contributed by atoms with Crippen LogP contribution in [0, 0.1) is 5.41 Å². The van der Waals surface area contributed by atoms with Crippen LogP contribution in [0.5, 0.6) is 0 Å². The van der Waals surface area contributed by atoms with E-state index in [0.717, 1.165) is 18.9 Å². The van der Waals surface area contributed by atoms with Crippen molar-refractivity contribution in [2.75, 3.05) is 25.1 Å². The van der Waals surface area contributed by atoms with Gasteiger partial charge in [0, 0.05) is 13.1 Å². The van der Waals surface area contributed by atoms with E-state index in [0.29, 0.717) is 5.41 Å².